The fourth-order valence-electron chi connectivity index (χ4n) is 4.03. The number of thioether (sulfide) groups is 1. The zero-order valence-corrected chi connectivity index (χ0v) is 16.2. The molecule has 0 bridgehead atoms. The van der Waals surface area contributed by atoms with Crippen molar-refractivity contribution < 1.29 is 14.4 Å². The van der Waals surface area contributed by atoms with Crippen molar-refractivity contribution >= 4 is 35.2 Å². The van der Waals surface area contributed by atoms with Gasteiger partial charge in [-0.1, -0.05) is 31.0 Å². The van der Waals surface area contributed by atoms with Gasteiger partial charge >= 0.3 is 0 Å². The summed E-state index contributed by atoms with van der Waals surface area (Å²) < 4.78 is 0. The van der Waals surface area contributed by atoms with Crippen molar-refractivity contribution in [2.75, 3.05) is 17.3 Å². The summed E-state index contributed by atoms with van der Waals surface area (Å²) in [6.45, 7) is 1.92. The Morgan fingerprint density at radius 3 is 2.38 bits per heavy atom. The van der Waals surface area contributed by atoms with E-state index in [0.717, 1.165) is 42.7 Å². The molecule has 1 aliphatic heterocycles. The predicted molar refractivity (Wildman–Crippen MR) is 104 cm³/mol. The van der Waals surface area contributed by atoms with Gasteiger partial charge in [0.15, 0.2) is 0 Å². The van der Waals surface area contributed by atoms with Crippen molar-refractivity contribution in [3.63, 3.8) is 0 Å². The molecule has 1 aliphatic carbocycles. The number of fused-ring (bicyclic) bond motifs is 1. The molecule has 1 aromatic rings. The third-order valence-electron chi connectivity index (χ3n) is 5.49. The van der Waals surface area contributed by atoms with Crippen molar-refractivity contribution in [3.05, 3.63) is 29.8 Å². The van der Waals surface area contributed by atoms with Gasteiger partial charge in [-0.15, -0.1) is 0 Å². The lowest BCUT2D eigenvalue weighted by Crippen LogP contribution is -2.48. The summed E-state index contributed by atoms with van der Waals surface area (Å²) >= 11 is 1.61. The molecule has 1 N–H and O–H groups in total. The van der Waals surface area contributed by atoms with Crippen LogP contribution in [0, 0.1) is 18.8 Å². The molecular weight excluding hydrogens is 348 g/mol. The highest BCUT2D eigenvalue weighted by atomic mass is 32.2. The first-order valence-electron chi connectivity index (χ1n) is 9.27. The van der Waals surface area contributed by atoms with Gasteiger partial charge < -0.3 is 5.32 Å². The zero-order valence-electron chi connectivity index (χ0n) is 15.4. The molecule has 0 radical (unpaired) electrons. The van der Waals surface area contributed by atoms with Crippen LogP contribution in [0.4, 0.5) is 5.69 Å². The molecule has 2 fully saturated rings. The number of nitrogens with zero attached hydrogens (tertiary/aromatic N) is 1. The highest BCUT2D eigenvalue weighted by Gasteiger charge is 2.51. The highest BCUT2D eigenvalue weighted by molar-refractivity contribution is 7.98. The van der Waals surface area contributed by atoms with E-state index in [9.17, 15) is 14.4 Å². The maximum absolute atomic E-state index is 13.0. The Hall–Kier alpha value is -1.82. The third-order valence-corrected chi connectivity index (χ3v) is 6.13. The molecule has 3 rings (SSSR count). The molecule has 1 aromatic carbocycles. The Kier molecular flexibility index (Phi) is 6.01. The van der Waals surface area contributed by atoms with Crippen LogP contribution >= 0.6 is 11.8 Å². The second kappa shape index (κ2) is 8.25. The largest absolute Gasteiger partial charge is 0.324 e. The van der Waals surface area contributed by atoms with Gasteiger partial charge in [-0.3, -0.25) is 19.3 Å². The molecule has 5 nitrogen and oxygen atoms in total. The normalized spacial score (nSPS) is 23.7. The molecule has 140 valence electrons. The molecule has 1 saturated carbocycles. The molecule has 1 saturated heterocycles. The predicted octanol–water partition coefficient (Wildman–Crippen LogP) is 3.23. The number of hydrogen-bond acceptors (Lipinski definition) is 4. The average molecular weight is 375 g/mol. The Morgan fingerprint density at radius 1 is 1.19 bits per heavy atom. The number of nitrogens with one attached hydrogen (secondary N) is 1. The van der Waals surface area contributed by atoms with Crippen LogP contribution in [0.3, 0.4) is 0 Å². The number of hydrogen-bond donors (Lipinski definition) is 1. The van der Waals surface area contributed by atoms with Crippen LogP contribution in [0.2, 0.25) is 0 Å². The molecule has 3 unspecified atom stereocenters. The van der Waals surface area contributed by atoms with Crippen LogP contribution in [0.25, 0.3) is 0 Å². The lowest BCUT2D eigenvalue weighted by atomic mass is 9.81. The van der Waals surface area contributed by atoms with Crippen LogP contribution in [0.5, 0.6) is 0 Å². The van der Waals surface area contributed by atoms with E-state index in [1.807, 2.05) is 37.4 Å². The first-order chi connectivity index (χ1) is 12.5. The molecule has 3 amide bonds. The van der Waals surface area contributed by atoms with Crippen LogP contribution in [-0.2, 0) is 14.4 Å². The first-order valence-corrected chi connectivity index (χ1v) is 10.7. The maximum atomic E-state index is 13.0. The topological polar surface area (TPSA) is 66.5 Å². The van der Waals surface area contributed by atoms with Gasteiger partial charge in [-0.05, 0) is 49.8 Å². The summed E-state index contributed by atoms with van der Waals surface area (Å²) in [5.41, 5.74) is 1.68. The van der Waals surface area contributed by atoms with Gasteiger partial charge in [0.25, 0.3) is 0 Å². The number of imide groups is 1. The summed E-state index contributed by atoms with van der Waals surface area (Å²) in [6, 6.07) is 6.81. The highest BCUT2D eigenvalue weighted by Crippen LogP contribution is 2.39. The van der Waals surface area contributed by atoms with Crippen molar-refractivity contribution in [2.24, 2.45) is 11.8 Å². The number of anilines is 1. The summed E-state index contributed by atoms with van der Waals surface area (Å²) in [4.78, 5) is 40.1. The van der Waals surface area contributed by atoms with E-state index in [0.29, 0.717) is 6.42 Å². The molecule has 26 heavy (non-hydrogen) atoms. The van der Waals surface area contributed by atoms with Crippen molar-refractivity contribution in [1.82, 2.24) is 4.90 Å². The van der Waals surface area contributed by atoms with E-state index >= 15 is 0 Å². The van der Waals surface area contributed by atoms with Gasteiger partial charge in [0, 0.05) is 5.69 Å². The number of carbonyl (C=O) groups is 3. The molecule has 0 spiro atoms. The van der Waals surface area contributed by atoms with Crippen LogP contribution < -0.4 is 5.32 Å². The van der Waals surface area contributed by atoms with E-state index in [4.69, 9.17) is 0 Å². The molecule has 3 atom stereocenters. The second-order valence-corrected chi connectivity index (χ2v) is 8.13. The Balaban J connectivity index is 1.83. The van der Waals surface area contributed by atoms with Crippen molar-refractivity contribution in [1.29, 1.82) is 0 Å². The molecule has 6 heteroatoms. The minimum Gasteiger partial charge on any atom is -0.324 e. The van der Waals surface area contributed by atoms with Gasteiger partial charge in [0.05, 0.1) is 11.8 Å². The number of para-hydroxylation sites is 1. The molecule has 1 heterocycles. The number of benzene rings is 1. The third kappa shape index (κ3) is 3.65. The van der Waals surface area contributed by atoms with Crippen molar-refractivity contribution in [2.45, 2.75) is 45.1 Å². The molecule has 2 aliphatic rings. The van der Waals surface area contributed by atoms with E-state index in [-0.39, 0.29) is 29.6 Å². The number of amides is 3. The summed E-state index contributed by atoms with van der Waals surface area (Å²) in [7, 11) is 0. The van der Waals surface area contributed by atoms with Crippen LogP contribution in [0.15, 0.2) is 24.3 Å². The van der Waals surface area contributed by atoms with Crippen molar-refractivity contribution in [3.8, 4) is 0 Å². The van der Waals surface area contributed by atoms with E-state index in [1.165, 1.54) is 4.90 Å². The summed E-state index contributed by atoms with van der Waals surface area (Å²) in [6.07, 6.45) is 5.94. The fourth-order valence-corrected chi connectivity index (χ4v) is 4.49. The lowest BCUT2D eigenvalue weighted by molar-refractivity contribution is -0.146. The minimum atomic E-state index is -0.729. The van der Waals surface area contributed by atoms with Gasteiger partial charge in [-0.2, -0.15) is 11.8 Å². The number of likely N-dealkylation sites (tertiary alicyclic amines) is 1. The first kappa shape index (κ1) is 19.0. The Morgan fingerprint density at radius 2 is 1.81 bits per heavy atom. The maximum Gasteiger partial charge on any atom is 0.247 e. The average Bonchev–Trinajstić information content (AvgIpc) is 2.89. The smallest absolute Gasteiger partial charge is 0.247 e. The molecule has 0 aromatic heterocycles. The monoisotopic (exact) mass is 374 g/mol. The minimum absolute atomic E-state index is 0.147. The van der Waals surface area contributed by atoms with Gasteiger partial charge in [-0.25, -0.2) is 0 Å². The van der Waals surface area contributed by atoms with E-state index < -0.39 is 6.04 Å². The number of aryl methyl sites for hydroxylation is 1. The summed E-state index contributed by atoms with van der Waals surface area (Å²) in [5, 5.41) is 2.92. The van der Waals surface area contributed by atoms with E-state index in [2.05, 4.69) is 5.32 Å². The van der Waals surface area contributed by atoms with Gasteiger partial charge in [0.1, 0.15) is 6.04 Å². The molecular formula is C20H26N2O3S. The fraction of sp³-hybridized carbons (Fsp3) is 0.550. The Bertz CT molecular complexity index is 682. The SMILES string of the molecule is CSCCC(C(=O)Nc1ccccc1C)N1C(=O)C2CCCCC2C1=O. The number of rotatable bonds is 6. The van der Waals surface area contributed by atoms with Gasteiger partial charge in [0.2, 0.25) is 17.7 Å². The quantitative estimate of drug-likeness (QED) is 0.777. The van der Waals surface area contributed by atoms with Crippen LogP contribution in [0.1, 0.15) is 37.7 Å². The Labute approximate surface area is 158 Å². The lowest BCUT2D eigenvalue weighted by Gasteiger charge is -2.26. The van der Waals surface area contributed by atoms with Crippen LogP contribution in [-0.4, -0.2) is 40.7 Å². The summed E-state index contributed by atoms with van der Waals surface area (Å²) in [5.74, 6) is -0.290. The second-order valence-electron chi connectivity index (χ2n) is 7.15. The standard InChI is InChI=1S/C20H26N2O3S/c1-13-7-3-6-10-16(13)21-18(23)17(11-12-26-2)22-19(24)14-8-4-5-9-15(14)20(22)25/h3,6-7,10,14-15,17H,4-5,8-9,11-12H2,1-2H3,(H,21,23). The zero-order chi connectivity index (χ0) is 18.7. The number of carbonyl (C=O) groups excluding carboxylic acids is 3. The van der Waals surface area contributed by atoms with E-state index in [1.54, 1.807) is 11.8 Å².